The van der Waals surface area contributed by atoms with Gasteiger partial charge in [0.1, 0.15) is 10.8 Å². The average molecular weight is 254 g/mol. The highest BCUT2D eigenvalue weighted by atomic mass is 35.5. The van der Waals surface area contributed by atoms with Crippen molar-refractivity contribution in [1.82, 2.24) is 0 Å². The van der Waals surface area contributed by atoms with Crippen molar-refractivity contribution in [3.63, 3.8) is 0 Å². The van der Waals surface area contributed by atoms with Crippen LogP contribution >= 0.6 is 11.6 Å². The molecule has 4 heteroatoms. The largest absolute Gasteiger partial charge is 0.451 e. The maximum Gasteiger partial charge on any atom is 0.340 e. The maximum atomic E-state index is 11.8. The number of cyclic esters (lactones) is 1. The second-order valence-electron chi connectivity index (χ2n) is 4.59. The van der Waals surface area contributed by atoms with Gasteiger partial charge in [-0.25, -0.2) is 9.79 Å². The zero-order valence-electron chi connectivity index (χ0n) is 10.1. The van der Waals surface area contributed by atoms with Crippen molar-refractivity contribution in [2.24, 2.45) is 4.99 Å². The first kappa shape index (κ1) is 12.4. The van der Waals surface area contributed by atoms with Crippen molar-refractivity contribution >= 4 is 23.8 Å². The van der Waals surface area contributed by atoms with Crippen LogP contribution < -0.4 is 0 Å². The molecule has 0 aromatic carbocycles. The van der Waals surface area contributed by atoms with Crippen molar-refractivity contribution in [3.05, 3.63) is 22.4 Å². The predicted octanol–water partition coefficient (Wildman–Crippen LogP) is 3.34. The van der Waals surface area contributed by atoms with Crippen LogP contribution in [0.2, 0.25) is 0 Å². The van der Waals surface area contributed by atoms with Gasteiger partial charge >= 0.3 is 5.97 Å². The van der Waals surface area contributed by atoms with Crippen LogP contribution in [0.15, 0.2) is 27.4 Å². The Morgan fingerprint density at radius 2 is 2.35 bits per heavy atom. The molecule has 2 heterocycles. The molecule has 0 spiro atoms. The number of carbonyl (C=O) groups is 1. The third kappa shape index (κ3) is 2.29. The maximum absolute atomic E-state index is 11.8. The molecule has 0 N–H and O–H groups in total. The minimum atomic E-state index is -0.454. The van der Waals surface area contributed by atoms with Crippen LogP contribution in [0, 0.1) is 0 Å². The number of rotatable bonds is 2. The fraction of sp³-hybridized carbons (Fsp3) is 0.538. The monoisotopic (exact) mass is 253 g/mol. The van der Waals surface area contributed by atoms with E-state index < -0.39 is 5.60 Å². The van der Waals surface area contributed by atoms with Gasteiger partial charge in [-0.2, -0.15) is 0 Å². The van der Waals surface area contributed by atoms with Gasteiger partial charge in [0, 0.05) is 6.21 Å². The molecule has 0 aromatic heterocycles. The Bertz CT molecular complexity index is 437. The Morgan fingerprint density at radius 1 is 1.59 bits per heavy atom. The van der Waals surface area contributed by atoms with Crippen molar-refractivity contribution in [3.8, 4) is 0 Å². The summed E-state index contributed by atoms with van der Waals surface area (Å²) in [6.45, 7) is 4.07. The van der Waals surface area contributed by atoms with Crippen LogP contribution in [-0.4, -0.2) is 17.8 Å². The van der Waals surface area contributed by atoms with Crippen LogP contribution in [-0.2, 0) is 9.53 Å². The summed E-state index contributed by atoms with van der Waals surface area (Å²) in [6, 6.07) is 0. The quantitative estimate of drug-likeness (QED) is 0.559. The number of nitrogens with zero attached hydrogens (tertiary/aromatic N) is 1. The third-order valence-electron chi connectivity index (χ3n) is 3.25. The SMILES string of the molecule is CCCC1(C)OC(=O)C2=C1CCC=C(Cl)N=C2. The highest BCUT2D eigenvalue weighted by Crippen LogP contribution is 2.39. The smallest absolute Gasteiger partial charge is 0.340 e. The summed E-state index contributed by atoms with van der Waals surface area (Å²) < 4.78 is 5.51. The molecule has 17 heavy (non-hydrogen) atoms. The number of halogens is 1. The summed E-state index contributed by atoms with van der Waals surface area (Å²) in [5.74, 6) is -0.272. The standard InChI is InChI=1S/C13H16ClNO2/c1-3-7-13(2)10-5-4-6-11(14)15-8-9(10)12(16)17-13/h6,8H,3-5,7H2,1-2H3. The van der Waals surface area contributed by atoms with Crippen molar-refractivity contribution in [2.45, 2.75) is 45.1 Å². The topological polar surface area (TPSA) is 38.7 Å². The van der Waals surface area contributed by atoms with Crippen molar-refractivity contribution in [1.29, 1.82) is 0 Å². The lowest BCUT2D eigenvalue weighted by Crippen LogP contribution is -2.27. The summed E-state index contributed by atoms with van der Waals surface area (Å²) in [5.41, 5.74) is 1.20. The molecule has 92 valence electrons. The summed E-state index contributed by atoms with van der Waals surface area (Å²) >= 11 is 5.85. The number of carbonyl (C=O) groups excluding carboxylic acids is 1. The lowest BCUT2D eigenvalue weighted by Gasteiger charge is -2.26. The summed E-state index contributed by atoms with van der Waals surface area (Å²) in [6.07, 6.45) is 6.84. The number of hydrogen-bond acceptors (Lipinski definition) is 3. The number of esters is 1. The fourth-order valence-corrected chi connectivity index (χ4v) is 2.61. The number of ether oxygens (including phenoxy) is 1. The highest BCUT2D eigenvalue weighted by Gasteiger charge is 2.42. The molecule has 0 radical (unpaired) electrons. The number of aliphatic imine (C=N–C) groups is 1. The molecule has 0 bridgehead atoms. The minimum Gasteiger partial charge on any atom is -0.451 e. The van der Waals surface area contributed by atoms with Gasteiger partial charge in [0.05, 0.1) is 5.57 Å². The Morgan fingerprint density at radius 3 is 3.06 bits per heavy atom. The lowest BCUT2D eigenvalue weighted by atomic mass is 9.86. The molecule has 0 aromatic rings. The van der Waals surface area contributed by atoms with E-state index in [0.717, 1.165) is 31.3 Å². The van der Waals surface area contributed by atoms with Gasteiger partial charge in [-0.15, -0.1) is 0 Å². The molecule has 1 atom stereocenters. The van der Waals surface area contributed by atoms with E-state index in [4.69, 9.17) is 16.3 Å². The molecular formula is C13H16ClNO2. The zero-order valence-corrected chi connectivity index (χ0v) is 10.9. The van der Waals surface area contributed by atoms with Crippen molar-refractivity contribution in [2.75, 3.05) is 0 Å². The van der Waals surface area contributed by atoms with Gasteiger partial charge in [0.2, 0.25) is 0 Å². The molecule has 2 rings (SSSR count). The normalized spacial score (nSPS) is 28.4. The number of allylic oxidation sites excluding steroid dienone is 1. The molecule has 1 unspecified atom stereocenters. The Kier molecular flexibility index (Phi) is 3.38. The van der Waals surface area contributed by atoms with Crippen molar-refractivity contribution < 1.29 is 9.53 Å². The van der Waals surface area contributed by atoms with Gasteiger partial charge in [-0.3, -0.25) is 0 Å². The minimum absolute atomic E-state index is 0.272. The molecule has 2 aliphatic rings. The molecule has 2 aliphatic heterocycles. The van der Waals surface area contributed by atoms with E-state index in [2.05, 4.69) is 11.9 Å². The summed E-state index contributed by atoms with van der Waals surface area (Å²) in [4.78, 5) is 15.9. The van der Waals surface area contributed by atoms with Gasteiger partial charge in [-0.05, 0) is 37.8 Å². The van der Waals surface area contributed by atoms with Crippen LogP contribution in [0.3, 0.4) is 0 Å². The van der Waals surface area contributed by atoms with Gasteiger partial charge in [0.25, 0.3) is 0 Å². The first-order valence-corrected chi connectivity index (χ1v) is 6.31. The van der Waals surface area contributed by atoms with E-state index in [0.29, 0.717) is 10.7 Å². The predicted molar refractivity (Wildman–Crippen MR) is 68.1 cm³/mol. The molecule has 0 fully saturated rings. The summed E-state index contributed by atoms with van der Waals surface area (Å²) in [5, 5.41) is 0.438. The van der Waals surface area contributed by atoms with E-state index >= 15 is 0 Å². The highest BCUT2D eigenvalue weighted by molar-refractivity contribution is 6.30. The Balaban J connectivity index is 2.39. The third-order valence-corrected chi connectivity index (χ3v) is 3.50. The van der Waals surface area contributed by atoms with Gasteiger partial charge in [0.15, 0.2) is 0 Å². The van der Waals surface area contributed by atoms with Gasteiger partial charge in [-0.1, -0.05) is 24.9 Å². The van der Waals surface area contributed by atoms with Crippen LogP contribution in [0.25, 0.3) is 0 Å². The Hall–Kier alpha value is -1.09. The molecule has 0 saturated carbocycles. The van der Waals surface area contributed by atoms with Crippen LogP contribution in [0.1, 0.15) is 39.5 Å². The first-order valence-electron chi connectivity index (χ1n) is 5.93. The zero-order chi connectivity index (χ0) is 12.5. The molecule has 0 aliphatic carbocycles. The van der Waals surface area contributed by atoms with Crippen LogP contribution in [0.4, 0.5) is 0 Å². The number of hydrogen-bond donors (Lipinski definition) is 0. The Labute approximate surface area is 106 Å². The van der Waals surface area contributed by atoms with Gasteiger partial charge < -0.3 is 4.74 Å². The average Bonchev–Trinajstić information content (AvgIpc) is 2.44. The fourth-order valence-electron chi connectivity index (χ4n) is 2.45. The van der Waals surface area contributed by atoms with Crippen LogP contribution in [0.5, 0.6) is 0 Å². The van der Waals surface area contributed by atoms with E-state index in [1.165, 1.54) is 6.21 Å². The first-order chi connectivity index (χ1) is 8.07. The molecule has 0 amide bonds. The molecular weight excluding hydrogens is 238 g/mol. The second-order valence-corrected chi connectivity index (χ2v) is 4.97. The molecule has 3 nitrogen and oxygen atoms in total. The van der Waals surface area contributed by atoms with E-state index in [1.54, 1.807) is 0 Å². The molecule has 0 saturated heterocycles. The lowest BCUT2D eigenvalue weighted by molar-refractivity contribution is -0.145. The van der Waals surface area contributed by atoms with E-state index in [-0.39, 0.29) is 5.97 Å². The van der Waals surface area contributed by atoms with E-state index in [1.807, 2.05) is 13.0 Å². The summed E-state index contributed by atoms with van der Waals surface area (Å²) in [7, 11) is 0. The van der Waals surface area contributed by atoms with E-state index in [9.17, 15) is 4.79 Å². The second kappa shape index (κ2) is 4.65.